The number of methoxy groups -OCH3 is 1. The number of ether oxygens (including phenoxy) is 1. The van der Waals surface area contributed by atoms with Crippen LogP contribution in [0.3, 0.4) is 0 Å². The molecular formula is C12H15ClO. The molecule has 1 rings (SSSR count). The summed E-state index contributed by atoms with van der Waals surface area (Å²) in [4.78, 5) is 0. The number of hydrogen-bond donors (Lipinski definition) is 0. The smallest absolute Gasteiger partial charge is 0.118 e. The normalized spacial score (nSPS) is 11.5. The van der Waals surface area contributed by atoms with Crippen LogP contribution in [0.2, 0.25) is 0 Å². The Morgan fingerprint density at radius 3 is 2.50 bits per heavy atom. The number of alkyl halides is 1. The minimum atomic E-state index is 0.674. The molecule has 0 N–H and O–H groups in total. The second-order valence-electron chi connectivity index (χ2n) is 3.09. The zero-order chi connectivity index (χ0) is 10.4. The van der Waals surface area contributed by atoms with Gasteiger partial charge in [0.1, 0.15) is 5.75 Å². The third-order valence-corrected chi connectivity index (χ3v) is 2.32. The van der Waals surface area contributed by atoms with Gasteiger partial charge in [0, 0.05) is 5.88 Å². The molecule has 1 nitrogen and oxygen atoms in total. The van der Waals surface area contributed by atoms with E-state index >= 15 is 0 Å². The number of benzene rings is 1. The Hall–Kier alpha value is -0.950. The number of hydrogen-bond acceptors (Lipinski definition) is 1. The van der Waals surface area contributed by atoms with E-state index in [0.29, 0.717) is 5.88 Å². The molecule has 1 aromatic rings. The third-order valence-electron chi connectivity index (χ3n) is 2.10. The van der Waals surface area contributed by atoms with E-state index in [2.05, 4.69) is 25.1 Å². The molecule has 2 heteroatoms. The van der Waals surface area contributed by atoms with E-state index in [1.807, 2.05) is 12.1 Å². The lowest BCUT2D eigenvalue weighted by atomic mass is 10.1. The van der Waals surface area contributed by atoms with Crippen molar-refractivity contribution in [2.24, 2.45) is 0 Å². The Morgan fingerprint density at radius 1 is 1.36 bits per heavy atom. The second-order valence-corrected chi connectivity index (χ2v) is 3.47. The molecule has 0 aliphatic carbocycles. The highest BCUT2D eigenvalue weighted by Gasteiger charge is 1.95. The van der Waals surface area contributed by atoms with E-state index in [4.69, 9.17) is 16.3 Å². The van der Waals surface area contributed by atoms with Gasteiger partial charge in [-0.25, -0.2) is 0 Å². The van der Waals surface area contributed by atoms with Crippen molar-refractivity contribution in [3.8, 4) is 5.75 Å². The van der Waals surface area contributed by atoms with Gasteiger partial charge >= 0.3 is 0 Å². The molecule has 0 atom stereocenters. The average Bonchev–Trinajstić information content (AvgIpc) is 2.26. The largest absolute Gasteiger partial charge is 0.497 e. The lowest BCUT2D eigenvalue weighted by molar-refractivity contribution is 0.415. The number of allylic oxidation sites excluding steroid dienone is 2. The van der Waals surface area contributed by atoms with Gasteiger partial charge in [0.25, 0.3) is 0 Å². The zero-order valence-corrected chi connectivity index (χ0v) is 9.34. The molecule has 76 valence electrons. The molecule has 1 aromatic carbocycles. The van der Waals surface area contributed by atoms with E-state index in [0.717, 1.165) is 12.2 Å². The van der Waals surface area contributed by atoms with Crippen molar-refractivity contribution in [1.82, 2.24) is 0 Å². The van der Waals surface area contributed by atoms with Gasteiger partial charge in [0.15, 0.2) is 0 Å². The van der Waals surface area contributed by atoms with Crippen molar-refractivity contribution in [2.75, 3.05) is 13.0 Å². The Balaban J connectivity index is 2.76. The van der Waals surface area contributed by atoms with Crippen molar-refractivity contribution >= 4 is 17.2 Å². The van der Waals surface area contributed by atoms with Gasteiger partial charge in [-0.05, 0) is 36.6 Å². The summed E-state index contributed by atoms with van der Waals surface area (Å²) in [5.74, 6) is 1.56. The highest BCUT2D eigenvalue weighted by molar-refractivity contribution is 6.17. The van der Waals surface area contributed by atoms with E-state index in [-0.39, 0.29) is 0 Å². The van der Waals surface area contributed by atoms with Gasteiger partial charge in [-0.2, -0.15) is 0 Å². The maximum atomic E-state index is 5.62. The average molecular weight is 211 g/mol. The van der Waals surface area contributed by atoms with Crippen molar-refractivity contribution in [2.45, 2.75) is 13.3 Å². The fraction of sp³-hybridized carbons (Fsp3) is 0.333. The van der Waals surface area contributed by atoms with Crippen LogP contribution in [0, 0.1) is 0 Å². The van der Waals surface area contributed by atoms with Crippen LogP contribution in [0.25, 0.3) is 5.57 Å². The van der Waals surface area contributed by atoms with E-state index in [1.54, 1.807) is 7.11 Å². The molecule has 0 radical (unpaired) electrons. The predicted molar refractivity (Wildman–Crippen MR) is 62.0 cm³/mol. The molecule has 0 bridgehead atoms. The molecule has 0 aromatic heterocycles. The molecule has 0 unspecified atom stereocenters. The predicted octanol–water partition coefficient (Wildman–Crippen LogP) is 3.73. The number of rotatable bonds is 4. The molecule has 0 aliphatic rings. The highest BCUT2D eigenvalue weighted by Crippen LogP contribution is 2.18. The van der Waals surface area contributed by atoms with Crippen molar-refractivity contribution < 1.29 is 4.74 Å². The minimum Gasteiger partial charge on any atom is -0.497 e. The quantitative estimate of drug-likeness (QED) is 0.689. The van der Waals surface area contributed by atoms with E-state index < -0.39 is 0 Å². The summed E-state index contributed by atoms with van der Waals surface area (Å²) in [6, 6.07) is 8.04. The summed E-state index contributed by atoms with van der Waals surface area (Å²) < 4.78 is 5.09. The van der Waals surface area contributed by atoms with Gasteiger partial charge in [-0.3, -0.25) is 0 Å². The summed E-state index contributed by atoms with van der Waals surface area (Å²) in [6.07, 6.45) is 3.06. The summed E-state index contributed by atoms with van der Waals surface area (Å²) in [5.41, 5.74) is 2.48. The van der Waals surface area contributed by atoms with Gasteiger partial charge in [-0.1, -0.05) is 18.2 Å². The Morgan fingerprint density at radius 2 is 2.00 bits per heavy atom. The summed E-state index contributed by atoms with van der Waals surface area (Å²) in [5, 5.41) is 0. The maximum Gasteiger partial charge on any atom is 0.118 e. The van der Waals surface area contributed by atoms with Crippen LogP contribution < -0.4 is 4.74 Å². The van der Waals surface area contributed by atoms with Crippen LogP contribution in [0.1, 0.15) is 18.9 Å². The maximum absolute atomic E-state index is 5.62. The molecule has 0 spiro atoms. The minimum absolute atomic E-state index is 0.674. The molecule has 14 heavy (non-hydrogen) atoms. The highest BCUT2D eigenvalue weighted by atomic mass is 35.5. The van der Waals surface area contributed by atoms with Crippen molar-refractivity contribution in [1.29, 1.82) is 0 Å². The molecule has 0 heterocycles. The Bertz CT molecular complexity index is 301. The van der Waals surface area contributed by atoms with Crippen LogP contribution in [0.5, 0.6) is 5.75 Å². The molecule has 0 aliphatic heterocycles. The summed E-state index contributed by atoms with van der Waals surface area (Å²) >= 11 is 5.62. The Kier molecular flexibility index (Phi) is 4.54. The van der Waals surface area contributed by atoms with Crippen LogP contribution in [0.4, 0.5) is 0 Å². The summed E-state index contributed by atoms with van der Waals surface area (Å²) in [7, 11) is 1.67. The lowest BCUT2D eigenvalue weighted by Crippen LogP contribution is -1.84. The fourth-order valence-electron chi connectivity index (χ4n) is 1.24. The SMILES string of the molecule is COc1ccc(/C(C)=C/CCCl)cc1. The third kappa shape index (κ3) is 3.08. The van der Waals surface area contributed by atoms with Crippen LogP contribution in [-0.4, -0.2) is 13.0 Å². The topological polar surface area (TPSA) is 9.23 Å². The molecule has 0 saturated heterocycles. The van der Waals surface area contributed by atoms with Gasteiger partial charge in [0.2, 0.25) is 0 Å². The van der Waals surface area contributed by atoms with E-state index in [9.17, 15) is 0 Å². The van der Waals surface area contributed by atoms with Gasteiger partial charge < -0.3 is 4.74 Å². The van der Waals surface area contributed by atoms with Crippen molar-refractivity contribution in [3.05, 3.63) is 35.9 Å². The van der Waals surface area contributed by atoms with Gasteiger partial charge in [0.05, 0.1) is 7.11 Å². The zero-order valence-electron chi connectivity index (χ0n) is 8.59. The fourth-order valence-corrected chi connectivity index (χ4v) is 1.35. The van der Waals surface area contributed by atoms with Crippen LogP contribution >= 0.6 is 11.6 Å². The first-order chi connectivity index (χ1) is 6.77. The van der Waals surface area contributed by atoms with Gasteiger partial charge in [-0.15, -0.1) is 11.6 Å². The molecular weight excluding hydrogens is 196 g/mol. The summed E-state index contributed by atoms with van der Waals surface area (Å²) in [6.45, 7) is 2.09. The van der Waals surface area contributed by atoms with Crippen LogP contribution in [-0.2, 0) is 0 Å². The standard InChI is InChI=1S/C12H15ClO/c1-10(4-3-9-13)11-5-7-12(14-2)8-6-11/h4-8H,3,9H2,1-2H3/b10-4+. The van der Waals surface area contributed by atoms with Crippen molar-refractivity contribution in [3.63, 3.8) is 0 Å². The first kappa shape index (κ1) is 11.1. The first-order valence-electron chi connectivity index (χ1n) is 4.65. The second kappa shape index (κ2) is 5.71. The molecule has 0 amide bonds. The number of halogens is 1. The van der Waals surface area contributed by atoms with E-state index in [1.165, 1.54) is 11.1 Å². The molecule has 0 fully saturated rings. The first-order valence-corrected chi connectivity index (χ1v) is 5.18. The lowest BCUT2D eigenvalue weighted by Gasteiger charge is -2.03. The molecule has 0 saturated carbocycles. The monoisotopic (exact) mass is 210 g/mol. The van der Waals surface area contributed by atoms with Crippen LogP contribution in [0.15, 0.2) is 30.3 Å². The Labute approximate surface area is 90.3 Å².